The van der Waals surface area contributed by atoms with Crippen LogP contribution in [0.5, 0.6) is 5.75 Å². The molecule has 9 heteroatoms. The van der Waals surface area contributed by atoms with Gasteiger partial charge < -0.3 is 28.5 Å². The van der Waals surface area contributed by atoms with Crippen molar-refractivity contribution < 1.29 is 38.1 Å². The first kappa shape index (κ1) is 45.1. The molecule has 4 aromatic carbocycles. The van der Waals surface area contributed by atoms with E-state index < -0.39 is 42.0 Å². The number of fused-ring (bicyclic) bond motifs is 13. The first-order valence-corrected chi connectivity index (χ1v) is 23.2. The second-order valence-corrected chi connectivity index (χ2v) is 18.5. The Morgan fingerprint density at radius 2 is 1.52 bits per heavy atom. The van der Waals surface area contributed by atoms with Crippen LogP contribution in [0.4, 0.5) is 0 Å². The lowest BCUT2D eigenvalue weighted by atomic mass is 9.71. The predicted molar refractivity (Wildman–Crippen MR) is 247 cm³/mol. The summed E-state index contributed by atoms with van der Waals surface area (Å²) in [6, 6.07) is 31.3. The Bertz CT molecular complexity index is 2530. The molecule has 0 radical (unpaired) electrons. The van der Waals surface area contributed by atoms with Crippen molar-refractivity contribution >= 4 is 22.9 Å². The molecule has 3 aliphatic heterocycles. The Labute approximate surface area is 376 Å². The van der Waals surface area contributed by atoms with Gasteiger partial charge in [-0.2, -0.15) is 0 Å². The topological polar surface area (TPSA) is 122 Å². The molecule has 5 aromatic rings. The van der Waals surface area contributed by atoms with Gasteiger partial charge in [-0.25, -0.2) is 9.59 Å². The zero-order chi connectivity index (χ0) is 44.8. The normalized spacial score (nSPS) is 22.0. The van der Waals surface area contributed by atoms with Gasteiger partial charge in [0.05, 0.1) is 18.8 Å². The number of hydrogen-bond donors (Lipinski definition) is 1. The minimum absolute atomic E-state index is 0.0235. The molecule has 2 bridgehead atoms. The number of methoxy groups -OCH3 is 1. The predicted octanol–water partition coefficient (Wildman–Crippen LogP) is 10.5. The van der Waals surface area contributed by atoms with Gasteiger partial charge in [0.15, 0.2) is 12.2 Å². The summed E-state index contributed by atoms with van der Waals surface area (Å²) in [6.07, 6.45) is 6.97. The van der Waals surface area contributed by atoms with E-state index >= 15 is 0 Å². The fourth-order valence-electron chi connectivity index (χ4n) is 10.4. The van der Waals surface area contributed by atoms with Crippen LogP contribution in [0.3, 0.4) is 0 Å². The van der Waals surface area contributed by atoms with Gasteiger partial charge in [-0.3, -0.25) is 4.79 Å². The third kappa shape index (κ3) is 9.91. The van der Waals surface area contributed by atoms with E-state index in [0.29, 0.717) is 52.7 Å². The lowest BCUT2D eigenvalue weighted by Gasteiger charge is -2.50. The van der Waals surface area contributed by atoms with Crippen molar-refractivity contribution in [3.8, 4) is 5.75 Å². The van der Waals surface area contributed by atoms with Crippen LogP contribution in [0.2, 0.25) is 0 Å². The Morgan fingerprint density at radius 3 is 2.25 bits per heavy atom. The van der Waals surface area contributed by atoms with Crippen LogP contribution in [0, 0.1) is 11.8 Å². The molecule has 1 aromatic heterocycles. The quantitative estimate of drug-likeness (QED) is 0.0831. The van der Waals surface area contributed by atoms with Gasteiger partial charge >= 0.3 is 17.6 Å². The number of rotatable bonds is 10. The number of ether oxygens (including phenoxy) is 4. The van der Waals surface area contributed by atoms with E-state index in [9.17, 15) is 19.5 Å². The van der Waals surface area contributed by atoms with Crippen molar-refractivity contribution in [1.82, 2.24) is 0 Å². The summed E-state index contributed by atoms with van der Waals surface area (Å²) in [5, 5.41) is 11.2. The van der Waals surface area contributed by atoms with Crippen LogP contribution in [0.1, 0.15) is 123 Å². The van der Waals surface area contributed by atoms with Gasteiger partial charge in [0.25, 0.3) is 0 Å². The zero-order valence-corrected chi connectivity index (χ0v) is 37.8. The van der Waals surface area contributed by atoms with E-state index in [-0.39, 0.29) is 36.9 Å². The third-order valence-corrected chi connectivity index (χ3v) is 14.0. The number of allylic oxidation sites excluding steroid dienone is 1. The molecule has 4 atom stereocenters. The standard InChI is InChI=1S/C55H62O9/c1-35(2)43-25-24-36-18-20-39(21-19-36)32-41(23-22-38-14-11-15-40(31-38)30-37-12-7-5-8-13-37)33-48(57)61-51-49-47(64-55(3,52(51)63-53(43)58)42-16-9-6-10-17-42)27-26-44-46(34-56)45(28-29-60-4)54(59)62-50(44)49/h5,7-8,11-15,18-21,26-27,31,41-42,51-52,56H,6,9-10,16-17,22-25,28-30,32-34H2,1-4H3. The fraction of sp³-hybridized carbons (Fsp3) is 0.436. The maximum Gasteiger partial charge on any atom is 0.339 e. The number of carbonyl (C=O) groups excluding carboxylic acids is 2. The fourth-order valence-corrected chi connectivity index (χ4v) is 10.4. The van der Waals surface area contributed by atoms with E-state index in [4.69, 9.17) is 23.4 Å². The molecule has 0 spiro atoms. The number of esters is 2. The molecule has 1 aliphatic carbocycles. The van der Waals surface area contributed by atoms with Gasteiger partial charge in [-0.05, 0) is 124 Å². The van der Waals surface area contributed by atoms with Crippen molar-refractivity contribution in [3.63, 3.8) is 0 Å². The second kappa shape index (κ2) is 20.1. The molecule has 64 heavy (non-hydrogen) atoms. The Kier molecular flexibility index (Phi) is 14.2. The number of hydrogen-bond acceptors (Lipinski definition) is 9. The highest BCUT2D eigenvalue weighted by atomic mass is 16.6. The SMILES string of the molecule is COCCc1c(CO)c2ccc3c(c2oc1=O)C1OC(=O)CC(CCc2cccc(Cc4ccccc4)c2)Cc2ccc(cc2)CCC(=C(C)C)C(=O)OC1C(C)(C1CCCCC1)O3. The van der Waals surface area contributed by atoms with Crippen LogP contribution in [-0.2, 0) is 62.5 Å². The number of benzene rings is 4. The van der Waals surface area contributed by atoms with Crippen molar-refractivity contribution in [2.75, 3.05) is 13.7 Å². The van der Waals surface area contributed by atoms with Crippen molar-refractivity contribution in [2.45, 2.75) is 129 Å². The Morgan fingerprint density at radius 1 is 0.781 bits per heavy atom. The van der Waals surface area contributed by atoms with Gasteiger partial charge in [-0.15, -0.1) is 0 Å². The van der Waals surface area contributed by atoms with E-state index in [1.54, 1.807) is 13.2 Å². The van der Waals surface area contributed by atoms with E-state index in [0.717, 1.165) is 68.1 Å². The highest BCUT2D eigenvalue weighted by Crippen LogP contribution is 2.52. The van der Waals surface area contributed by atoms with Crippen LogP contribution >= 0.6 is 0 Å². The van der Waals surface area contributed by atoms with Crippen LogP contribution in [0.15, 0.2) is 111 Å². The van der Waals surface area contributed by atoms with Gasteiger partial charge in [0.2, 0.25) is 0 Å². The van der Waals surface area contributed by atoms with E-state index in [1.807, 2.05) is 32.9 Å². The van der Waals surface area contributed by atoms with E-state index in [1.165, 1.54) is 16.7 Å². The molecular weight excluding hydrogens is 805 g/mol. The molecule has 4 unspecified atom stereocenters. The summed E-state index contributed by atoms with van der Waals surface area (Å²) in [5.41, 5.74) is 6.79. The minimum Gasteiger partial charge on any atom is -0.483 e. The molecule has 0 saturated heterocycles. The molecule has 4 heterocycles. The van der Waals surface area contributed by atoms with Crippen LogP contribution in [0.25, 0.3) is 11.0 Å². The molecule has 9 rings (SSSR count). The molecule has 336 valence electrons. The molecular formula is C55H62O9. The number of carbonyl (C=O) groups is 2. The zero-order valence-electron chi connectivity index (χ0n) is 37.8. The molecule has 0 amide bonds. The monoisotopic (exact) mass is 866 g/mol. The largest absolute Gasteiger partial charge is 0.483 e. The third-order valence-electron chi connectivity index (χ3n) is 14.0. The highest BCUT2D eigenvalue weighted by Gasteiger charge is 2.56. The Balaban J connectivity index is 1.22. The van der Waals surface area contributed by atoms with Gasteiger partial charge in [0, 0.05) is 42.4 Å². The molecule has 9 nitrogen and oxygen atoms in total. The van der Waals surface area contributed by atoms with Crippen LogP contribution < -0.4 is 10.4 Å². The first-order valence-electron chi connectivity index (χ1n) is 23.2. The smallest absolute Gasteiger partial charge is 0.339 e. The van der Waals surface area contributed by atoms with Crippen molar-refractivity contribution in [3.05, 3.63) is 157 Å². The summed E-state index contributed by atoms with van der Waals surface area (Å²) in [4.78, 5) is 43.4. The summed E-state index contributed by atoms with van der Waals surface area (Å²) in [5.74, 6) is -0.649. The number of aliphatic hydroxyl groups excluding tert-OH is 1. The molecule has 1 saturated carbocycles. The van der Waals surface area contributed by atoms with Crippen molar-refractivity contribution in [1.29, 1.82) is 0 Å². The second-order valence-electron chi connectivity index (χ2n) is 18.5. The highest BCUT2D eigenvalue weighted by molar-refractivity contribution is 5.90. The summed E-state index contributed by atoms with van der Waals surface area (Å²) < 4.78 is 32.1. The summed E-state index contributed by atoms with van der Waals surface area (Å²) >= 11 is 0. The average Bonchev–Trinajstić information content (AvgIpc) is 3.29. The molecule has 4 aliphatic rings. The minimum atomic E-state index is -1.18. The number of aliphatic hydroxyl groups is 1. The first-order chi connectivity index (χ1) is 31.0. The average molecular weight is 867 g/mol. The van der Waals surface area contributed by atoms with Gasteiger partial charge in [0.1, 0.15) is 16.9 Å². The maximum atomic E-state index is 14.9. The van der Waals surface area contributed by atoms with E-state index in [2.05, 4.69) is 72.8 Å². The van der Waals surface area contributed by atoms with Crippen molar-refractivity contribution in [2.24, 2.45) is 11.8 Å². The lowest BCUT2D eigenvalue weighted by molar-refractivity contribution is -0.201. The molecule has 1 fully saturated rings. The molecule has 1 N–H and O–H groups in total. The lowest BCUT2D eigenvalue weighted by Crippen LogP contribution is -2.58. The Hall–Kier alpha value is -5.51. The summed E-state index contributed by atoms with van der Waals surface area (Å²) in [7, 11) is 1.55. The summed E-state index contributed by atoms with van der Waals surface area (Å²) in [6.45, 7) is 5.65. The van der Waals surface area contributed by atoms with Crippen LogP contribution in [-0.4, -0.2) is 42.5 Å². The number of aryl methyl sites for hydroxylation is 2. The maximum absolute atomic E-state index is 14.9. The van der Waals surface area contributed by atoms with Gasteiger partial charge in [-0.1, -0.05) is 104 Å².